The molecule has 0 aliphatic rings. The van der Waals surface area contributed by atoms with Gasteiger partial charge in [-0.15, -0.1) is 0 Å². The quantitative estimate of drug-likeness (QED) is 0.803. The second-order valence-corrected chi connectivity index (χ2v) is 4.79. The Labute approximate surface area is 128 Å². The van der Waals surface area contributed by atoms with Gasteiger partial charge in [0.15, 0.2) is 0 Å². The maximum absolute atomic E-state index is 6.08. The zero-order chi connectivity index (χ0) is 15.5. The number of anilines is 1. The third kappa shape index (κ3) is 2.61. The van der Waals surface area contributed by atoms with E-state index in [9.17, 15) is 0 Å². The van der Waals surface area contributed by atoms with Gasteiger partial charge in [-0.25, -0.2) is 4.68 Å². The van der Waals surface area contributed by atoms with E-state index in [2.05, 4.69) is 5.10 Å². The van der Waals surface area contributed by atoms with Gasteiger partial charge in [0.1, 0.15) is 17.3 Å². The van der Waals surface area contributed by atoms with Crippen LogP contribution in [-0.4, -0.2) is 24.0 Å². The van der Waals surface area contributed by atoms with Crippen LogP contribution in [0.15, 0.2) is 54.6 Å². The predicted octanol–water partition coefficient (Wildman–Crippen LogP) is 3.14. The van der Waals surface area contributed by atoms with Crippen molar-refractivity contribution in [1.82, 2.24) is 9.78 Å². The van der Waals surface area contributed by atoms with Gasteiger partial charge >= 0.3 is 0 Å². The van der Waals surface area contributed by atoms with Crippen LogP contribution >= 0.6 is 0 Å². The van der Waals surface area contributed by atoms with Crippen LogP contribution < -0.4 is 15.2 Å². The molecule has 3 rings (SSSR count). The highest BCUT2D eigenvalue weighted by atomic mass is 16.5. The third-order valence-corrected chi connectivity index (χ3v) is 3.44. The number of hydrogen-bond acceptors (Lipinski definition) is 4. The van der Waals surface area contributed by atoms with Gasteiger partial charge in [0.05, 0.1) is 25.6 Å². The lowest BCUT2D eigenvalue weighted by Crippen LogP contribution is -2.01. The molecule has 2 aromatic carbocycles. The molecular formula is C17H17N3O2. The minimum atomic E-state index is 0.580. The summed E-state index contributed by atoms with van der Waals surface area (Å²) in [5.74, 6) is 2.19. The van der Waals surface area contributed by atoms with Gasteiger partial charge in [0, 0.05) is 11.6 Å². The van der Waals surface area contributed by atoms with Gasteiger partial charge < -0.3 is 15.2 Å². The first-order valence-corrected chi connectivity index (χ1v) is 6.85. The van der Waals surface area contributed by atoms with Gasteiger partial charge in [0.2, 0.25) is 0 Å². The summed E-state index contributed by atoms with van der Waals surface area (Å²) >= 11 is 0. The summed E-state index contributed by atoms with van der Waals surface area (Å²) in [4.78, 5) is 0. The molecule has 0 bridgehead atoms. The number of benzene rings is 2. The van der Waals surface area contributed by atoms with Gasteiger partial charge in [-0.1, -0.05) is 0 Å². The number of aromatic nitrogens is 2. The summed E-state index contributed by atoms with van der Waals surface area (Å²) in [5, 5.41) is 4.57. The van der Waals surface area contributed by atoms with E-state index in [0.29, 0.717) is 5.82 Å². The van der Waals surface area contributed by atoms with Crippen molar-refractivity contribution >= 4 is 5.82 Å². The summed E-state index contributed by atoms with van der Waals surface area (Å²) in [6, 6.07) is 17.2. The third-order valence-electron chi connectivity index (χ3n) is 3.44. The molecule has 0 aliphatic heterocycles. The van der Waals surface area contributed by atoms with E-state index in [1.165, 1.54) is 0 Å². The zero-order valence-corrected chi connectivity index (χ0v) is 12.5. The lowest BCUT2D eigenvalue weighted by molar-refractivity contribution is 0.414. The maximum Gasteiger partial charge on any atom is 0.127 e. The highest BCUT2D eigenvalue weighted by molar-refractivity contribution is 5.64. The van der Waals surface area contributed by atoms with E-state index in [0.717, 1.165) is 28.4 Å². The number of rotatable bonds is 4. The van der Waals surface area contributed by atoms with Crippen LogP contribution in [0.5, 0.6) is 11.5 Å². The Morgan fingerprint density at radius 3 is 1.95 bits per heavy atom. The van der Waals surface area contributed by atoms with Crippen molar-refractivity contribution in [2.45, 2.75) is 0 Å². The summed E-state index contributed by atoms with van der Waals surface area (Å²) in [7, 11) is 3.28. The number of hydrogen-bond donors (Lipinski definition) is 1. The van der Waals surface area contributed by atoms with Crippen LogP contribution in [0.3, 0.4) is 0 Å². The minimum Gasteiger partial charge on any atom is -0.497 e. The molecule has 0 unspecified atom stereocenters. The zero-order valence-electron chi connectivity index (χ0n) is 12.5. The molecule has 112 valence electrons. The SMILES string of the molecule is COc1ccc(-c2cc(N)n(-c3ccc(OC)cc3)n2)cc1. The Morgan fingerprint density at radius 2 is 1.41 bits per heavy atom. The van der Waals surface area contributed by atoms with Crippen LogP contribution in [-0.2, 0) is 0 Å². The number of ether oxygens (including phenoxy) is 2. The Balaban J connectivity index is 1.95. The smallest absolute Gasteiger partial charge is 0.127 e. The molecule has 0 fully saturated rings. The molecule has 0 aliphatic carbocycles. The second-order valence-electron chi connectivity index (χ2n) is 4.79. The highest BCUT2D eigenvalue weighted by Gasteiger charge is 2.09. The fraction of sp³-hybridized carbons (Fsp3) is 0.118. The molecule has 0 saturated carbocycles. The van der Waals surface area contributed by atoms with Crippen LogP contribution in [0, 0.1) is 0 Å². The monoisotopic (exact) mass is 295 g/mol. The Morgan fingerprint density at radius 1 is 0.864 bits per heavy atom. The highest BCUT2D eigenvalue weighted by Crippen LogP contribution is 2.25. The summed E-state index contributed by atoms with van der Waals surface area (Å²) in [6.45, 7) is 0. The van der Waals surface area contributed by atoms with E-state index < -0.39 is 0 Å². The van der Waals surface area contributed by atoms with E-state index in [-0.39, 0.29) is 0 Å². The molecule has 0 atom stereocenters. The summed E-state index contributed by atoms with van der Waals surface area (Å²) in [6.07, 6.45) is 0. The lowest BCUT2D eigenvalue weighted by atomic mass is 10.1. The van der Waals surface area contributed by atoms with E-state index in [1.54, 1.807) is 18.9 Å². The molecule has 5 heteroatoms. The Hall–Kier alpha value is -2.95. The Bertz CT molecular complexity index is 762. The topological polar surface area (TPSA) is 62.3 Å². The number of nitrogens with zero attached hydrogens (tertiary/aromatic N) is 2. The van der Waals surface area contributed by atoms with Crippen LogP contribution in [0.1, 0.15) is 0 Å². The number of nitrogens with two attached hydrogens (primary N) is 1. The van der Waals surface area contributed by atoms with Gasteiger partial charge in [0.25, 0.3) is 0 Å². The summed E-state index contributed by atoms with van der Waals surface area (Å²) < 4.78 is 12.0. The van der Waals surface area contributed by atoms with Crippen molar-refractivity contribution in [2.24, 2.45) is 0 Å². The van der Waals surface area contributed by atoms with Crippen LogP contribution in [0.25, 0.3) is 16.9 Å². The molecule has 22 heavy (non-hydrogen) atoms. The van der Waals surface area contributed by atoms with Crippen molar-refractivity contribution in [2.75, 3.05) is 20.0 Å². The van der Waals surface area contributed by atoms with E-state index >= 15 is 0 Å². The molecule has 0 radical (unpaired) electrons. The largest absolute Gasteiger partial charge is 0.497 e. The standard InChI is InChI=1S/C17H17N3O2/c1-21-14-7-3-12(4-8-14)16-11-17(18)20(19-16)13-5-9-15(22-2)10-6-13/h3-11H,18H2,1-2H3. The average Bonchev–Trinajstić information content (AvgIpc) is 2.97. The van der Waals surface area contributed by atoms with Gasteiger partial charge in [-0.3, -0.25) is 0 Å². The van der Waals surface area contributed by atoms with E-state index in [1.807, 2.05) is 54.6 Å². The van der Waals surface area contributed by atoms with E-state index in [4.69, 9.17) is 15.2 Å². The molecule has 0 spiro atoms. The average molecular weight is 295 g/mol. The van der Waals surface area contributed by atoms with Gasteiger partial charge in [-0.05, 0) is 48.5 Å². The van der Waals surface area contributed by atoms with Crippen molar-refractivity contribution < 1.29 is 9.47 Å². The lowest BCUT2D eigenvalue weighted by Gasteiger charge is -2.05. The fourth-order valence-corrected chi connectivity index (χ4v) is 2.23. The van der Waals surface area contributed by atoms with Crippen molar-refractivity contribution in [1.29, 1.82) is 0 Å². The number of nitrogen functional groups attached to an aromatic ring is 1. The van der Waals surface area contributed by atoms with Crippen molar-refractivity contribution in [3.05, 3.63) is 54.6 Å². The maximum atomic E-state index is 6.08. The Kier molecular flexibility index (Phi) is 3.70. The second kappa shape index (κ2) is 5.81. The van der Waals surface area contributed by atoms with Crippen LogP contribution in [0.4, 0.5) is 5.82 Å². The molecule has 1 heterocycles. The van der Waals surface area contributed by atoms with Crippen molar-refractivity contribution in [3.8, 4) is 28.4 Å². The first-order chi connectivity index (χ1) is 10.7. The molecule has 2 N–H and O–H groups in total. The molecule has 0 amide bonds. The minimum absolute atomic E-state index is 0.580. The number of methoxy groups -OCH3 is 2. The first kappa shape index (κ1) is 14.0. The molecule has 3 aromatic rings. The summed E-state index contributed by atoms with van der Waals surface area (Å²) in [5.41, 5.74) is 8.77. The van der Waals surface area contributed by atoms with Gasteiger partial charge in [-0.2, -0.15) is 5.10 Å². The molecule has 0 saturated heterocycles. The molecular weight excluding hydrogens is 278 g/mol. The van der Waals surface area contributed by atoms with Crippen LogP contribution in [0.2, 0.25) is 0 Å². The van der Waals surface area contributed by atoms with Crippen molar-refractivity contribution in [3.63, 3.8) is 0 Å². The fourth-order valence-electron chi connectivity index (χ4n) is 2.23. The first-order valence-electron chi connectivity index (χ1n) is 6.85. The molecule has 5 nitrogen and oxygen atoms in total. The normalized spacial score (nSPS) is 10.5. The predicted molar refractivity (Wildman–Crippen MR) is 86.5 cm³/mol. The molecule has 1 aromatic heterocycles.